The van der Waals surface area contributed by atoms with Crippen LogP contribution in [0.1, 0.15) is 11.1 Å². The van der Waals surface area contributed by atoms with Crippen molar-refractivity contribution in [3.05, 3.63) is 59.4 Å². The van der Waals surface area contributed by atoms with Gasteiger partial charge in [0.15, 0.2) is 13.2 Å². The Labute approximate surface area is 139 Å². The summed E-state index contributed by atoms with van der Waals surface area (Å²) in [6.45, 7) is 3.00. The molecule has 0 unspecified atom stereocenters. The fraction of sp³-hybridized carbons (Fsp3) is 0.222. The fourth-order valence-corrected chi connectivity index (χ4v) is 2.05. The Hall–Kier alpha value is -2.89. The van der Waals surface area contributed by atoms with Gasteiger partial charge in [-0.05, 0) is 49.2 Å². The van der Waals surface area contributed by atoms with E-state index in [1.54, 1.807) is 0 Å². The highest BCUT2D eigenvalue weighted by Gasteiger charge is 2.11. The lowest BCUT2D eigenvalue weighted by Crippen LogP contribution is -2.24. The van der Waals surface area contributed by atoms with E-state index in [0.717, 1.165) is 11.1 Å². The number of aryl methyl sites for hydroxylation is 2. The first-order chi connectivity index (χ1) is 11.5. The molecule has 2 aromatic carbocycles. The van der Waals surface area contributed by atoms with Crippen LogP contribution in [0.15, 0.2) is 42.5 Å². The molecule has 0 aliphatic rings. The van der Waals surface area contributed by atoms with Gasteiger partial charge in [-0.25, -0.2) is 9.18 Å². The first kappa shape index (κ1) is 17.5. The van der Waals surface area contributed by atoms with Crippen LogP contribution in [0.3, 0.4) is 0 Å². The number of esters is 1. The Morgan fingerprint density at radius 2 is 1.62 bits per heavy atom. The molecule has 0 aromatic heterocycles. The van der Waals surface area contributed by atoms with Crippen molar-refractivity contribution in [1.29, 1.82) is 0 Å². The highest BCUT2D eigenvalue weighted by molar-refractivity contribution is 5.94. The summed E-state index contributed by atoms with van der Waals surface area (Å²) in [6, 6.07) is 10.9. The summed E-state index contributed by atoms with van der Waals surface area (Å²) in [6.07, 6.45) is 0. The topological polar surface area (TPSA) is 64.6 Å². The number of halogens is 1. The van der Waals surface area contributed by atoms with Crippen molar-refractivity contribution < 1.29 is 23.5 Å². The van der Waals surface area contributed by atoms with Crippen molar-refractivity contribution in [2.45, 2.75) is 13.8 Å². The Morgan fingerprint density at radius 3 is 2.25 bits per heavy atom. The van der Waals surface area contributed by atoms with Crippen LogP contribution in [0.4, 0.5) is 10.1 Å². The van der Waals surface area contributed by atoms with Gasteiger partial charge in [0.25, 0.3) is 5.91 Å². The van der Waals surface area contributed by atoms with E-state index in [2.05, 4.69) is 5.32 Å². The molecule has 0 spiro atoms. The van der Waals surface area contributed by atoms with Crippen molar-refractivity contribution in [2.24, 2.45) is 0 Å². The molecule has 0 aliphatic carbocycles. The molecule has 6 heteroatoms. The summed E-state index contributed by atoms with van der Waals surface area (Å²) < 4.78 is 22.7. The molecule has 1 amide bonds. The maximum absolute atomic E-state index is 12.7. The molecule has 24 heavy (non-hydrogen) atoms. The van der Waals surface area contributed by atoms with Gasteiger partial charge in [-0.1, -0.05) is 18.2 Å². The molecule has 1 N–H and O–H groups in total. The zero-order valence-corrected chi connectivity index (χ0v) is 13.5. The van der Waals surface area contributed by atoms with Gasteiger partial charge in [0.2, 0.25) is 0 Å². The van der Waals surface area contributed by atoms with E-state index in [0.29, 0.717) is 11.4 Å². The highest BCUT2D eigenvalue weighted by atomic mass is 19.1. The summed E-state index contributed by atoms with van der Waals surface area (Å²) in [7, 11) is 0. The third-order valence-electron chi connectivity index (χ3n) is 3.28. The number of carbonyl (C=O) groups is 2. The van der Waals surface area contributed by atoms with Crippen LogP contribution in [0.25, 0.3) is 0 Å². The number of nitrogens with one attached hydrogen (secondary N) is 1. The van der Waals surface area contributed by atoms with E-state index in [1.807, 2.05) is 32.0 Å². The second-order valence-corrected chi connectivity index (χ2v) is 5.22. The predicted molar refractivity (Wildman–Crippen MR) is 87.4 cm³/mol. The second kappa shape index (κ2) is 8.10. The van der Waals surface area contributed by atoms with Gasteiger partial charge in [0.05, 0.1) is 0 Å². The molecule has 0 heterocycles. The SMILES string of the molecule is Cc1cccc(C)c1NC(=O)COC(=O)COc1ccc(F)cc1. The minimum atomic E-state index is -0.684. The molecule has 5 nitrogen and oxygen atoms in total. The molecule has 0 bridgehead atoms. The van der Waals surface area contributed by atoms with Crippen LogP contribution in [0.2, 0.25) is 0 Å². The maximum atomic E-state index is 12.7. The van der Waals surface area contributed by atoms with Gasteiger partial charge in [0, 0.05) is 5.69 Å². The molecule has 2 aromatic rings. The van der Waals surface area contributed by atoms with E-state index >= 15 is 0 Å². The number of anilines is 1. The van der Waals surface area contributed by atoms with Crippen LogP contribution in [-0.4, -0.2) is 25.1 Å². The van der Waals surface area contributed by atoms with Crippen LogP contribution in [0.5, 0.6) is 5.75 Å². The molecule has 0 saturated carbocycles. The minimum absolute atomic E-state index is 0.341. The fourth-order valence-electron chi connectivity index (χ4n) is 2.05. The lowest BCUT2D eigenvalue weighted by atomic mass is 10.1. The highest BCUT2D eigenvalue weighted by Crippen LogP contribution is 2.19. The van der Waals surface area contributed by atoms with Gasteiger partial charge in [-0.2, -0.15) is 0 Å². The Kier molecular flexibility index (Phi) is 5.89. The Balaban J connectivity index is 1.77. The van der Waals surface area contributed by atoms with E-state index in [1.165, 1.54) is 24.3 Å². The first-order valence-corrected chi connectivity index (χ1v) is 7.36. The zero-order valence-electron chi connectivity index (χ0n) is 13.5. The maximum Gasteiger partial charge on any atom is 0.344 e. The third-order valence-corrected chi connectivity index (χ3v) is 3.28. The van der Waals surface area contributed by atoms with Crippen LogP contribution < -0.4 is 10.1 Å². The molecule has 126 valence electrons. The predicted octanol–water partition coefficient (Wildman–Crippen LogP) is 3.00. The molecule has 0 aliphatic heterocycles. The lowest BCUT2D eigenvalue weighted by Gasteiger charge is -2.11. The standard InChI is InChI=1S/C18H18FNO4/c1-12-4-3-5-13(2)18(12)20-16(21)10-24-17(22)11-23-15-8-6-14(19)7-9-15/h3-9H,10-11H2,1-2H3,(H,20,21). The van der Waals surface area contributed by atoms with Gasteiger partial charge >= 0.3 is 5.97 Å². The van der Waals surface area contributed by atoms with Crippen molar-refractivity contribution in [3.8, 4) is 5.75 Å². The molecule has 0 atom stereocenters. The summed E-state index contributed by atoms with van der Waals surface area (Å²) >= 11 is 0. The van der Waals surface area contributed by atoms with Gasteiger partial charge in [0.1, 0.15) is 11.6 Å². The molecular weight excluding hydrogens is 313 g/mol. The summed E-state index contributed by atoms with van der Waals surface area (Å²) in [5.41, 5.74) is 2.56. The molecular formula is C18H18FNO4. The van der Waals surface area contributed by atoms with Crippen molar-refractivity contribution >= 4 is 17.6 Å². The summed E-state index contributed by atoms with van der Waals surface area (Å²) in [5.74, 6) is -1.17. The molecule has 2 rings (SSSR count). The second-order valence-electron chi connectivity index (χ2n) is 5.22. The van der Waals surface area contributed by atoms with E-state index in [-0.39, 0.29) is 6.61 Å². The van der Waals surface area contributed by atoms with Crippen molar-refractivity contribution in [2.75, 3.05) is 18.5 Å². The van der Waals surface area contributed by atoms with E-state index in [9.17, 15) is 14.0 Å². The van der Waals surface area contributed by atoms with E-state index < -0.39 is 24.3 Å². The largest absolute Gasteiger partial charge is 0.482 e. The molecule has 0 fully saturated rings. The number of amides is 1. The van der Waals surface area contributed by atoms with Gasteiger partial charge in [-0.15, -0.1) is 0 Å². The quantitative estimate of drug-likeness (QED) is 0.827. The number of hydrogen-bond acceptors (Lipinski definition) is 4. The number of benzene rings is 2. The van der Waals surface area contributed by atoms with Crippen molar-refractivity contribution in [3.63, 3.8) is 0 Å². The normalized spacial score (nSPS) is 10.1. The van der Waals surface area contributed by atoms with Crippen LogP contribution in [-0.2, 0) is 14.3 Å². The molecule has 0 radical (unpaired) electrons. The molecule has 0 saturated heterocycles. The van der Waals surface area contributed by atoms with Crippen molar-refractivity contribution in [1.82, 2.24) is 0 Å². The van der Waals surface area contributed by atoms with Crippen LogP contribution in [0, 0.1) is 19.7 Å². The number of carbonyl (C=O) groups excluding carboxylic acids is 2. The van der Waals surface area contributed by atoms with E-state index in [4.69, 9.17) is 9.47 Å². The summed E-state index contributed by atoms with van der Waals surface area (Å²) in [5, 5.41) is 2.72. The average Bonchev–Trinajstić information content (AvgIpc) is 2.56. The summed E-state index contributed by atoms with van der Waals surface area (Å²) in [4.78, 5) is 23.4. The number of hydrogen-bond donors (Lipinski definition) is 1. The lowest BCUT2D eigenvalue weighted by molar-refractivity contribution is -0.149. The smallest absolute Gasteiger partial charge is 0.344 e. The monoisotopic (exact) mass is 331 g/mol. The number of rotatable bonds is 6. The minimum Gasteiger partial charge on any atom is -0.482 e. The van der Waals surface area contributed by atoms with Gasteiger partial charge < -0.3 is 14.8 Å². The third kappa shape index (κ3) is 5.08. The zero-order chi connectivity index (χ0) is 17.5. The average molecular weight is 331 g/mol. The van der Waals surface area contributed by atoms with Crippen LogP contribution >= 0.6 is 0 Å². The Bertz CT molecular complexity index is 708. The van der Waals surface area contributed by atoms with Gasteiger partial charge in [-0.3, -0.25) is 4.79 Å². The number of ether oxygens (including phenoxy) is 2. The number of para-hydroxylation sites is 1. The Morgan fingerprint density at radius 1 is 1.00 bits per heavy atom. The first-order valence-electron chi connectivity index (χ1n) is 7.36.